The van der Waals surface area contributed by atoms with Crippen molar-refractivity contribution in [3.63, 3.8) is 0 Å². The van der Waals surface area contributed by atoms with Gasteiger partial charge in [0, 0.05) is 10.6 Å². The highest BCUT2D eigenvalue weighted by atomic mass is 35.5. The highest BCUT2D eigenvalue weighted by Gasteiger charge is 2.30. The Morgan fingerprint density at radius 2 is 1.54 bits per heavy atom. The summed E-state index contributed by atoms with van der Waals surface area (Å²) in [7, 11) is 0. The fraction of sp³-hybridized carbons (Fsp3) is 0.0667. The molecular formula is C15H10ClF3N2O3. The van der Waals surface area contributed by atoms with Crippen molar-refractivity contribution in [3.05, 3.63) is 64.2 Å². The van der Waals surface area contributed by atoms with Crippen LogP contribution in [0.4, 0.5) is 13.2 Å². The molecule has 0 aliphatic carbocycles. The van der Waals surface area contributed by atoms with Crippen LogP contribution in [0.25, 0.3) is 0 Å². The molecule has 0 saturated carbocycles. The number of nitrogens with one attached hydrogen (secondary N) is 2. The highest BCUT2D eigenvalue weighted by molar-refractivity contribution is 6.31. The maximum absolute atomic E-state index is 12.4. The first-order valence-electron chi connectivity index (χ1n) is 6.45. The third-order valence-electron chi connectivity index (χ3n) is 2.97. The van der Waals surface area contributed by atoms with Crippen molar-refractivity contribution in [3.8, 4) is 5.75 Å². The number of amides is 2. The normalized spacial score (nSPS) is 11.0. The molecule has 0 spiro atoms. The number of benzene rings is 2. The minimum Gasteiger partial charge on any atom is -0.507 e. The SMILES string of the molecule is O=C(NNC(=O)c1cc(Cl)ccc1O)c1ccc(C(F)(F)F)cc1. The topological polar surface area (TPSA) is 78.4 Å². The lowest BCUT2D eigenvalue weighted by Crippen LogP contribution is -2.41. The van der Waals surface area contributed by atoms with E-state index in [1.807, 2.05) is 10.9 Å². The molecule has 2 aromatic carbocycles. The second kappa shape index (κ2) is 6.79. The Morgan fingerprint density at radius 3 is 2.12 bits per heavy atom. The summed E-state index contributed by atoms with van der Waals surface area (Å²) in [5.74, 6) is -2.01. The summed E-state index contributed by atoms with van der Waals surface area (Å²) in [4.78, 5) is 23.6. The van der Waals surface area contributed by atoms with Crippen LogP contribution in [-0.4, -0.2) is 16.9 Å². The molecule has 0 heterocycles. The number of phenolic OH excluding ortho intramolecular Hbond substituents is 1. The average Bonchev–Trinajstić information content (AvgIpc) is 2.53. The zero-order valence-electron chi connectivity index (χ0n) is 11.8. The number of phenols is 1. The lowest BCUT2D eigenvalue weighted by molar-refractivity contribution is -0.137. The number of alkyl halides is 3. The molecule has 0 radical (unpaired) electrons. The minimum absolute atomic E-state index is 0.0846. The number of hydrogen-bond donors (Lipinski definition) is 3. The zero-order valence-corrected chi connectivity index (χ0v) is 12.6. The second-order valence-electron chi connectivity index (χ2n) is 4.64. The maximum atomic E-state index is 12.4. The van der Waals surface area contributed by atoms with Crippen LogP contribution in [0.15, 0.2) is 42.5 Å². The predicted molar refractivity (Wildman–Crippen MR) is 79.5 cm³/mol. The van der Waals surface area contributed by atoms with E-state index in [1.165, 1.54) is 18.2 Å². The van der Waals surface area contributed by atoms with E-state index in [9.17, 15) is 27.9 Å². The van der Waals surface area contributed by atoms with Gasteiger partial charge >= 0.3 is 6.18 Å². The quantitative estimate of drug-likeness (QED) is 0.722. The first-order valence-corrected chi connectivity index (χ1v) is 6.83. The standard InChI is InChI=1S/C15H10ClF3N2O3/c16-10-5-6-12(22)11(7-10)14(24)21-20-13(23)8-1-3-9(4-2-8)15(17,18)19/h1-7,22H,(H,20,23)(H,21,24). The van der Waals surface area contributed by atoms with Gasteiger partial charge in [-0.05, 0) is 42.5 Å². The molecule has 0 bridgehead atoms. The molecule has 0 atom stereocenters. The number of hydrazine groups is 1. The molecule has 126 valence electrons. The Balaban J connectivity index is 2.02. The molecule has 2 amide bonds. The zero-order chi connectivity index (χ0) is 17.9. The van der Waals surface area contributed by atoms with Gasteiger partial charge < -0.3 is 5.11 Å². The molecule has 0 aliphatic heterocycles. The molecule has 0 fully saturated rings. The summed E-state index contributed by atoms with van der Waals surface area (Å²) < 4.78 is 37.3. The van der Waals surface area contributed by atoms with Crippen molar-refractivity contribution in [1.29, 1.82) is 0 Å². The van der Waals surface area contributed by atoms with Crippen LogP contribution in [-0.2, 0) is 6.18 Å². The summed E-state index contributed by atoms with van der Waals surface area (Å²) in [6, 6.07) is 7.21. The molecule has 2 rings (SSSR count). The van der Waals surface area contributed by atoms with Crippen molar-refractivity contribution in [2.45, 2.75) is 6.18 Å². The third kappa shape index (κ3) is 4.17. The first-order chi connectivity index (χ1) is 11.2. The van der Waals surface area contributed by atoms with E-state index in [0.717, 1.165) is 24.3 Å². The number of aromatic hydroxyl groups is 1. The van der Waals surface area contributed by atoms with Crippen LogP contribution < -0.4 is 10.9 Å². The minimum atomic E-state index is -4.51. The molecule has 9 heteroatoms. The van der Waals surface area contributed by atoms with Gasteiger partial charge in [0.25, 0.3) is 11.8 Å². The summed E-state index contributed by atoms with van der Waals surface area (Å²) in [5.41, 5.74) is 2.91. The van der Waals surface area contributed by atoms with Gasteiger partial charge in [-0.3, -0.25) is 20.4 Å². The van der Waals surface area contributed by atoms with Crippen LogP contribution in [0.2, 0.25) is 5.02 Å². The molecule has 0 unspecified atom stereocenters. The summed E-state index contributed by atoms with van der Waals surface area (Å²) >= 11 is 5.70. The number of carbonyl (C=O) groups is 2. The van der Waals surface area contributed by atoms with Gasteiger partial charge in [0.2, 0.25) is 0 Å². The van der Waals surface area contributed by atoms with Crippen LogP contribution in [0.3, 0.4) is 0 Å². The monoisotopic (exact) mass is 358 g/mol. The van der Waals surface area contributed by atoms with E-state index in [-0.39, 0.29) is 21.9 Å². The van der Waals surface area contributed by atoms with Crippen molar-refractivity contribution in [2.24, 2.45) is 0 Å². The molecule has 0 saturated heterocycles. The van der Waals surface area contributed by atoms with Gasteiger partial charge in [-0.25, -0.2) is 0 Å². The maximum Gasteiger partial charge on any atom is 0.416 e. The molecule has 2 aromatic rings. The molecule has 5 nitrogen and oxygen atoms in total. The lowest BCUT2D eigenvalue weighted by atomic mass is 10.1. The van der Waals surface area contributed by atoms with Crippen molar-refractivity contribution < 1.29 is 27.9 Å². The van der Waals surface area contributed by atoms with Crippen molar-refractivity contribution >= 4 is 23.4 Å². The second-order valence-corrected chi connectivity index (χ2v) is 5.08. The lowest BCUT2D eigenvalue weighted by Gasteiger charge is -2.10. The number of rotatable bonds is 2. The van der Waals surface area contributed by atoms with E-state index in [1.54, 1.807) is 0 Å². The largest absolute Gasteiger partial charge is 0.507 e. The molecule has 0 aliphatic rings. The summed E-state index contributed by atoms with van der Waals surface area (Å²) in [5, 5.41) is 9.76. The number of halogens is 4. The Bertz CT molecular complexity index is 777. The Kier molecular flexibility index (Phi) is 4.99. The smallest absolute Gasteiger partial charge is 0.416 e. The molecule has 0 aromatic heterocycles. The van der Waals surface area contributed by atoms with E-state index < -0.39 is 23.6 Å². The van der Waals surface area contributed by atoms with E-state index >= 15 is 0 Å². The van der Waals surface area contributed by atoms with E-state index in [4.69, 9.17) is 11.6 Å². The number of carbonyl (C=O) groups excluding carboxylic acids is 2. The van der Waals surface area contributed by atoms with Gasteiger partial charge in [0.1, 0.15) is 5.75 Å². The molecule has 24 heavy (non-hydrogen) atoms. The van der Waals surface area contributed by atoms with Crippen LogP contribution in [0.1, 0.15) is 26.3 Å². The van der Waals surface area contributed by atoms with Crippen LogP contribution >= 0.6 is 11.6 Å². The van der Waals surface area contributed by atoms with Gasteiger partial charge in [-0.15, -0.1) is 0 Å². The van der Waals surface area contributed by atoms with Crippen LogP contribution in [0.5, 0.6) is 5.75 Å². The van der Waals surface area contributed by atoms with Crippen molar-refractivity contribution in [1.82, 2.24) is 10.9 Å². The molecular weight excluding hydrogens is 349 g/mol. The van der Waals surface area contributed by atoms with Gasteiger partial charge in [-0.2, -0.15) is 13.2 Å². The van der Waals surface area contributed by atoms with Crippen molar-refractivity contribution in [2.75, 3.05) is 0 Å². The Morgan fingerprint density at radius 1 is 0.958 bits per heavy atom. The third-order valence-corrected chi connectivity index (χ3v) is 3.20. The fourth-order valence-electron chi connectivity index (χ4n) is 1.75. The summed E-state index contributed by atoms with van der Waals surface area (Å²) in [6.07, 6.45) is -4.51. The average molecular weight is 359 g/mol. The summed E-state index contributed by atoms with van der Waals surface area (Å²) in [6.45, 7) is 0. The Hall–Kier alpha value is -2.74. The number of hydrogen-bond acceptors (Lipinski definition) is 3. The Labute approximate surface area is 139 Å². The fourth-order valence-corrected chi connectivity index (χ4v) is 1.93. The van der Waals surface area contributed by atoms with Gasteiger partial charge in [0.15, 0.2) is 0 Å². The van der Waals surface area contributed by atoms with Gasteiger partial charge in [-0.1, -0.05) is 11.6 Å². The van der Waals surface area contributed by atoms with E-state index in [0.29, 0.717) is 0 Å². The highest BCUT2D eigenvalue weighted by Crippen LogP contribution is 2.29. The van der Waals surface area contributed by atoms with Gasteiger partial charge in [0.05, 0.1) is 11.1 Å². The van der Waals surface area contributed by atoms with Crippen LogP contribution in [0, 0.1) is 0 Å². The molecule has 3 N–H and O–H groups in total. The predicted octanol–water partition coefficient (Wildman–Crippen LogP) is 3.14. The first kappa shape index (κ1) is 17.6. The van der Waals surface area contributed by atoms with E-state index in [2.05, 4.69) is 0 Å².